The van der Waals surface area contributed by atoms with Crippen LogP contribution in [0.25, 0.3) is 0 Å². The second-order valence-electron chi connectivity index (χ2n) is 5.53. The van der Waals surface area contributed by atoms with Gasteiger partial charge in [-0.15, -0.1) is 0 Å². The maximum absolute atomic E-state index is 12.7. The standard InChI is InChI=1S/C16H21NO3/c1-11(2)17(10-9-15(18)19)16(20)14-8-4-6-12-5-3-7-13(12)14/h4,6,8,11H,3,5,7,9-10H2,1-2H3,(H,18,19). The summed E-state index contributed by atoms with van der Waals surface area (Å²) in [5.41, 5.74) is 3.16. The Balaban J connectivity index is 2.24. The Bertz CT molecular complexity index is 522. The quantitative estimate of drug-likeness (QED) is 0.898. The molecule has 2 rings (SSSR count). The van der Waals surface area contributed by atoms with Gasteiger partial charge in [-0.3, -0.25) is 9.59 Å². The van der Waals surface area contributed by atoms with E-state index >= 15 is 0 Å². The van der Waals surface area contributed by atoms with Crippen LogP contribution in [0, 0.1) is 0 Å². The Hall–Kier alpha value is -1.84. The van der Waals surface area contributed by atoms with Crippen molar-refractivity contribution in [2.75, 3.05) is 6.54 Å². The maximum atomic E-state index is 12.7. The summed E-state index contributed by atoms with van der Waals surface area (Å²) in [5, 5.41) is 8.81. The summed E-state index contributed by atoms with van der Waals surface area (Å²) >= 11 is 0. The number of fused-ring (bicyclic) bond motifs is 1. The predicted octanol–water partition coefficient (Wildman–Crippen LogP) is 2.50. The maximum Gasteiger partial charge on any atom is 0.305 e. The number of nitrogens with zero attached hydrogens (tertiary/aromatic N) is 1. The molecule has 20 heavy (non-hydrogen) atoms. The highest BCUT2D eigenvalue weighted by Crippen LogP contribution is 2.26. The molecule has 4 nitrogen and oxygen atoms in total. The molecule has 4 heteroatoms. The van der Waals surface area contributed by atoms with Crippen molar-refractivity contribution in [3.8, 4) is 0 Å². The molecule has 1 aliphatic rings. The Morgan fingerprint density at radius 3 is 2.70 bits per heavy atom. The molecule has 0 saturated heterocycles. The van der Waals surface area contributed by atoms with Crippen LogP contribution in [0.5, 0.6) is 0 Å². The molecule has 0 unspecified atom stereocenters. The van der Waals surface area contributed by atoms with Crippen LogP contribution in [0.1, 0.15) is 48.2 Å². The van der Waals surface area contributed by atoms with Crippen molar-refractivity contribution in [2.24, 2.45) is 0 Å². The second-order valence-corrected chi connectivity index (χ2v) is 5.53. The minimum Gasteiger partial charge on any atom is -0.481 e. The second kappa shape index (κ2) is 6.07. The molecule has 0 heterocycles. The van der Waals surface area contributed by atoms with Crippen LogP contribution in [-0.4, -0.2) is 34.5 Å². The lowest BCUT2D eigenvalue weighted by molar-refractivity contribution is -0.137. The van der Waals surface area contributed by atoms with E-state index in [0.29, 0.717) is 0 Å². The minimum absolute atomic E-state index is 0.000825. The molecule has 0 saturated carbocycles. The highest BCUT2D eigenvalue weighted by atomic mass is 16.4. The third-order valence-corrected chi connectivity index (χ3v) is 3.83. The van der Waals surface area contributed by atoms with Crippen LogP contribution in [0.3, 0.4) is 0 Å². The lowest BCUT2D eigenvalue weighted by atomic mass is 10.0. The molecule has 1 aromatic carbocycles. The number of carboxylic acids is 1. The molecule has 1 N–H and O–H groups in total. The first-order valence-electron chi connectivity index (χ1n) is 7.14. The molecular weight excluding hydrogens is 254 g/mol. The molecule has 0 aliphatic heterocycles. The topological polar surface area (TPSA) is 57.6 Å². The Morgan fingerprint density at radius 2 is 2.05 bits per heavy atom. The average Bonchev–Trinajstić information content (AvgIpc) is 2.85. The Kier molecular flexibility index (Phi) is 4.42. The van der Waals surface area contributed by atoms with Gasteiger partial charge in [-0.25, -0.2) is 0 Å². The van der Waals surface area contributed by atoms with E-state index in [1.165, 1.54) is 5.56 Å². The molecular formula is C16H21NO3. The molecule has 1 aromatic rings. The van der Waals surface area contributed by atoms with Crippen LogP contribution >= 0.6 is 0 Å². The van der Waals surface area contributed by atoms with Crippen LogP contribution in [0.15, 0.2) is 18.2 Å². The van der Waals surface area contributed by atoms with Gasteiger partial charge in [-0.2, -0.15) is 0 Å². The van der Waals surface area contributed by atoms with Crippen molar-refractivity contribution in [3.05, 3.63) is 34.9 Å². The number of aryl methyl sites for hydroxylation is 1. The van der Waals surface area contributed by atoms with Gasteiger partial charge in [0.2, 0.25) is 0 Å². The normalized spacial score (nSPS) is 13.3. The number of hydrogen-bond acceptors (Lipinski definition) is 2. The van der Waals surface area contributed by atoms with Gasteiger partial charge >= 0.3 is 5.97 Å². The van der Waals surface area contributed by atoms with Crippen molar-refractivity contribution in [3.63, 3.8) is 0 Å². The zero-order chi connectivity index (χ0) is 14.7. The lowest BCUT2D eigenvalue weighted by Crippen LogP contribution is -2.39. The number of carboxylic acid groups (broad SMARTS) is 1. The molecule has 108 valence electrons. The number of carbonyl (C=O) groups is 2. The van der Waals surface area contributed by atoms with Crippen LogP contribution in [0.2, 0.25) is 0 Å². The van der Waals surface area contributed by atoms with Crippen molar-refractivity contribution >= 4 is 11.9 Å². The number of carbonyl (C=O) groups excluding carboxylic acids is 1. The first-order valence-corrected chi connectivity index (χ1v) is 7.14. The fraction of sp³-hybridized carbons (Fsp3) is 0.500. The van der Waals surface area contributed by atoms with Crippen LogP contribution in [0.4, 0.5) is 0 Å². The summed E-state index contributed by atoms with van der Waals surface area (Å²) in [7, 11) is 0. The zero-order valence-corrected chi connectivity index (χ0v) is 12.1. The van der Waals surface area contributed by atoms with E-state index in [4.69, 9.17) is 5.11 Å². The van der Waals surface area contributed by atoms with Gasteiger partial charge in [-0.05, 0) is 50.3 Å². The number of rotatable bonds is 5. The molecule has 0 fully saturated rings. The third-order valence-electron chi connectivity index (χ3n) is 3.83. The van der Waals surface area contributed by atoms with Crippen LogP contribution in [-0.2, 0) is 17.6 Å². The van der Waals surface area contributed by atoms with E-state index in [9.17, 15) is 9.59 Å². The number of aliphatic carboxylic acids is 1. The molecule has 0 atom stereocenters. The van der Waals surface area contributed by atoms with Gasteiger partial charge in [0, 0.05) is 18.2 Å². The molecule has 1 aliphatic carbocycles. The Labute approximate surface area is 119 Å². The van der Waals surface area contributed by atoms with E-state index in [1.807, 2.05) is 26.0 Å². The minimum atomic E-state index is -0.873. The van der Waals surface area contributed by atoms with Gasteiger partial charge in [-0.1, -0.05) is 12.1 Å². The monoisotopic (exact) mass is 275 g/mol. The van der Waals surface area contributed by atoms with Crippen LogP contribution < -0.4 is 0 Å². The summed E-state index contributed by atoms with van der Waals surface area (Å²) in [6, 6.07) is 5.87. The summed E-state index contributed by atoms with van der Waals surface area (Å²) in [6.45, 7) is 4.10. The first-order chi connectivity index (χ1) is 9.50. The van der Waals surface area contributed by atoms with Crippen molar-refractivity contribution in [1.29, 1.82) is 0 Å². The SMILES string of the molecule is CC(C)N(CCC(=O)O)C(=O)c1cccc2c1CCC2. The molecule has 0 aromatic heterocycles. The number of amides is 1. The van der Waals surface area contributed by atoms with Crippen molar-refractivity contribution < 1.29 is 14.7 Å². The lowest BCUT2D eigenvalue weighted by Gasteiger charge is -2.27. The van der Waals surface area contributed by atoms with E-state index in [-0.39, 0.29) is 24.9 Å². The van der Waals surface area contributed by atoms with Gasteiger partial charge in [0.25, 0.3) is 5.91 Å². The first kappa shape index (κ1) is 14.6. The van der Waals surface area contributed by atoms with E-state index in [1.54, 1.807) is 4.90 Å². The summed E-state index contributed by atoms with van der Waals surface area (Å²) in [6.07, 6.45) is 3.06. The van der Waals surface area contributed by atoms with Gasteiger partial charge in [0.15, 0.2) is 0 Å². The third kappa shape index (κ3) is 3.00. The number of benzene rings is 1. The molecule has 0 radical (unpaired) electrons. The Morgan fingerprint density at radius 1 is 1.30 bits per heavy atom. The highest BCUT2D eigenvalue weighted by Gasteiger charge is 2.24. The fourth-order valence-electron chi connectivity index (χ4n) is 2.79. The summed E-state index contributed by atoms with van der Waals surface area (Å²) in [4.78, 5) is 25.1. The molecule has 0 spiro atoms. The molecule has 0 bridgehead atoms. The van der Waals surface area contributed by atoms with Gasteiger partial charge in [0.1, 0.15) is 0 Å². The average molecular weight is 275 g/mol. The van der Waals surface area contributed by atoms with Gasteiger partial charge < -0.3 is 10.0 Å². The van der Waals surface area contributed by atoms with E-state index in [2.05, 4.69) is 6.07 Å². The van der Waals surface area contributed by atoms with Gasteiger partial charge in [0.05, 0.1) is 6.42 Å². The molecule has 1 amide bonds. The highest BCUT2D eigenvalue weighted by molar-refractivity contribution is 5.96. The summed E-state index contributed by atoms with van der Waals surface area (Å²) < 4.78 is 0. The smallest absolute Gasteiger partial charge is 0.305 e. The van der Waals surface area contributed by atoms with Crippen molar-refractivity contribution in [2.45, 2.75) is 45.6 Å². The summed E-state index contributed by atoms with van der Waals surface area (Å²) in [5.74, 6) is -0.915. The van der Waals surface area contributed by atoms with Crippen molar-refractivity contribution in [1.82, 2.24) is 4.90 Å². The largest absolute Gasteiger partial charge is 0.481 e. The fourth-order valence-corrected chi connectivity index (χ4v) is 2.79. The zero-order valence-electron chi connectivity index (χ0n) is 12.1. The van der Waals surface area contributed by atoms with E-state index < -0.39 is 5.97 Å². The predicted molar refractivity (Wildman–Crippen MR) is 76.9 cm³/mol. The van der Waals surface area contributed by atoms with E-state index in [0.717, 1.165) is 30.4 Å². The number of hydrogen-bond donors (Lipinski definition) is 1.